The molecular formula is C19H21N5O2S2. The molecule has 1 aromatic carbocycles. The fourth-order valence-electron chi connectivity index (χ4n) is 3.15. The van der Waals surface area contributed by atoms with Gasteiger partial charge in [-0.3, -0.25) is 4.79 Å². The summed E-state index contributed by atoms with van der Waals surface area (Å²) in [4.78, 5) is 13.7. The number of amides is 1. The Hall–Kier alpha value is -2.23. The third-order valence-corrected chi connectivity index (χ3v) is 6.39. The maximum atomic E-state index is 12.6. The van der Waals surface area contributed by atoms with Crippen LogP contribution in [-0.2, 0) is 16.1 Å². The standard InChI is InChI=1S/C19H21N5O2S2/c25-17(13-28-19-21-22-23-24(19)12-15-8-4-10-26-15)20-18(16-9-5-11-27-16)14-6-2-1-3-7-14/h1-3,5-7,9,11,15,18H,4,8,10,12-13H2,(H,20,25)/t15-,18-/m0/s1. The van der Waals surface area contributed by atoms with E-state index in [9.17, 15) is 4.79 Å². The Bertz CT molecular complexity index is 879. The van der Waals surface area contributed by atoms with Crippen LogP contribution in [0.4, 0.5) is 0 Å². The summed E-state index contributed by atoms with van der Waals surface area (Å²) in [5.74, 6) is 0.194. The van der Waals surface area contributed by atoms with Crippen LogP contribution in [0.2, 0.25) is 0 Å². The Morgan fingerprint density at radius 1 is 1.32 bits per heavy atom. The largest absolute Gasteiger partial charge is 0.376 e. The lowest BCUT2D eigenvalue weighted by Crippen LogP contribution is -2.30. The lowest BCUT2D eigenvalue weighted by molar-refractivity contribution is -0.119. The molecule has 1 N–H and O–H groups in total. The van der Waals surface area contributed by atoms with Crippen LogP contribution in [0.15, 0.2) is 53.0 Å². The Morgan fingerprint density at radius 2 is 2.21 bits per heavy atom. The number of thioether (sulfide) groups is 1. The Kier molecular flexibility index (Phi) is 6.35. The quantitative estimate of drug-likeness (QED) is 0.570. The first-order chi connectivity index (χ1) is 13.8. The van der Waals surface area contributed by atoms with Crippen LogP contribution in [0.25, 0.3) is 0 Å². The normalized spacial score (nSPS) is 17.5. The number of ether oxygens (including phenoxy) is 1. The van der Waals surface area contributed by atoms with E-state index in [1.54, 1.807) is 16.0 Å². The number of nitrogens with zero attached hydrogens (tertiary/aromatic N) is 4. The first kappa shape index (κ1) is 19.1. The summed E-state index contributed by atoms with van der Waals surface area (Å²) in [6, 6.07) is 13.9. The number of hydrogen-bond acceptors (Lipinski definition) is 7. The number of tetrazole rings is 1. The number of benzene rings is 1. The van der Waals surface area contributed by atoms with Gasteiger partial charge < -0.3 is 10.1 Å². The third kappa shape index (κ3) is 4.78. The average Bonchev–Trinajstić information content (AvgIpc) is 3.49. The molecule has 0 unspecified atom stereocenters. The minimum absolute atomic E-state index is 0.0566. The zero-order chi connectivity index (χ0) is 19.2. The topological polar surface area (TPSA) is 81.9 Å². The van der Waals surface area contributed by atoms with Crippen molar-refractivity contribution < 1.29 is 9.53 Å². The fourth-order valence-corrected chi connectivity index (χ4v) is 4.65. The predicted octanol–water partition coefficient (Wildman–Crippen LogP) is 2.91. The van der Waals surface area contributed by atoms with Crippen molar-refractivity contribution in [1.29, 1.82) is 0 Å². The van der Waals surface area contributed by atoms with Gasteiger partial charge in [0.05, 0.1) is 24.4 Å². The molecular weight excluding hydrogens is 394 g/mol. The van der Waals surface area contributed by atoms with Crippen LogP contribution >= 0.6 is 23.1 Å². The first-order valence-electron chi connectivity index (χ1n) is 9.18. The van der Waals surface area contributed by atoms with Gasteiger partial charge in [-0.25, -0.2) is 4.68 Å². The zero-order valence-corrected chi connectivity index (χ0v) is 16.9. The molecule has 4 rings (SSSR count). The molecule has 1 aliphatic heterocycles. The maximum absolute atomic E-state index is 12.6. The molecule has 146 valence electrons. The summed E-state index contributed by atoms with van der Waals surface area (Å²) in [5.41, 5.74) is 1.06. The first-order valence-corrected chi connectivity index (χ1v) is 11.0. The van der Waals surface area contributed by atoms with Crippen LogP contribution in [0.5, 0.6) is 0 Å². The van der Waals surface area contributed by atoms with Gasteiger partial charge in [0.1, 0.15) is 0 Å². The van der Waals surface area contributed by atoms with Crippen LogP contribution in [0, 0.1) is 0 Å². The van der Waals surface area contributed by atoms with Gasteiger partial charge in [0.25, 0.3) is 0 Å². The number of carbonyl (C=O) groups is 1. The molecule has 3 aromatic rings. The van der Waals surface area contributed by atoms with Gasteiger partial charge in [0, 0.05) is 11.5 Å². The summed E-state index contributed by atoms with van der Waals surface area (Å²) in [6.07, 6.45) is 2.24. The van der Waals surface area contributed by atoms with Crippen LogP contribution in [-0.4, -0.2) is 44.6 Å². The number of hydrogen-bond donors (Lipinski definition) is 1. The number of aromatic nitrogens is 4. The van der Waals surface area contributed by atoms with E-state index in [1.165, 1.54) is 11.8 Å². The van der Waals surface area contributed by atoms with E-state index in [1.807, 2.05) is 47.8 Å². The van der Waals surface area contributed by atoms with Crippen molar-refractivity contribution in [2.75, 3.05) is 12.4 Å². The lowest BCUT2D eigenvalue weighted by atomic mass is 10.1. The van der Waals surface area contributed by atoms with Crippen molar-refractivity contribution in [2.24, 2.45) is 0 Å². The van der Waals surface area contributed by atoms with Gasteiger partial charge in [-0.1, -0.05) is 48.2 Å². The molecule has 0 bridgehead atoms. The Balaban J connectivity index is 1.38. The molecule has 1 aliphatic rings. The summed E-state index contributed by atoms with van der Waals surface area (Å²) >= 11 is 2.97. The monoisotopic (exact) mass is 415 g/mol. The highest BCUT2D eigenvalue weighted by atomic mass is 32.2. The molecule has 2 atom stereocenters. The summed E-state index contributed by atoms with van der Waals surface area (Å²) in [6.45, 7) is 1.42. The lowest BCUT2D eigenvalue weighted by Gasteiger charge is -2.18. The van der Waals surface area contributed by atoms with E-state index < -0.39 is 0 Å². The van der Waals surface area contributed by atoms with Crippen molar-refractivity contribution in [2.45, 2.75) is 36.7 Å². The molecule has 1 saturated heterocycles. The fraction of sp³-hybridized carbons (Fsp3) is 0.368. The maximum Gasteiger partial charge on any atom is 0.231 e. The summed E-state index contributed by atoms with van der Waals surface area (Å²) in [7, 11) is 0. The minimum atomic E-state index is -0.155. The number of nitrogens with one attached hydrogen (secondary N) is 1. The SMILES string of the molecule is O=C(CSc1nnnn1C[C@@H]1CCCO1)N[C@@H](c1ccccc1)c1cccs1. The van der Waals surface area contributed by atoms with Crippen molar-refractivity contribution in [3.8, 4) is 0 Å². The van der Waals surface area contributed by atoms with Gasteiger partial charge >= 0.3 is 0 Å². The van der Waals surface area contributed by atoms with E-state index in [4.69, 9.17) is 4.74 Å². The molecule has 0 radical (unpaired) electrons. The molecule has 2 aromatic heterocycles. The highest BCUT2D eigenvalue weighted by Gasteiger charge is 2.21. The molecule has 0 aliphatic carbocycles. The van der Waals surface area contributed by atoms with E-state index in [-0.39, 0.29) is 23.8 Å². The molecule has 0 spiro atoms. The third-order valence-electron chi connectivity index (χ3n) is 4.50. The molecule has 28 heavy (non-hydrogen) atoms. The van der Waals surface area contributed by atoms with Gasteiger partial charge in [-0.05, 0) is 40.3 Å². The second kappa shape index (κ2) is 9.31. The number of carbonyl (C=O) groups excluding carboxylic acids is 1. The average molecular weight is 416 g/mol. The van der Waals surface area contributed by atoms with E-state index in [2.05, 4.69) is 20.8 Å². The molecule has 1 fully saturated rings. The van der Waals surface area contributed by atoms with Crippen molar-refractivity contribution in [1.82, 2.24) is 25.5 Å². The molecule has 0 saturated carbocycles. The van der Waals surface area contributed by atoms with Crippen molar-refractivity contribution in [3.05, 3.63) is 58.3 Å². The summed E-state index contributed by atoms with van der Waals surface area (Å²) in [5, 5.41) is 17.6. The zero-order valence-electron chi connectivity index (χ0n) is 15.2. The van der Waals surface area contributed by atoms with Gasteiger partial charge in [0.2, 0.25) is 11.1 Å². The van der Waals surface area contributed by atoms with Crippen LogP contribution < -0.4 is 5.32 Å². The predicted molar refractivity (Wildman–Crippen MR) is 108 cm³/mol. The molecule has 9 heteroatoms. The minimum Gasteiger partial charge on any atom is -0.376 e. The summed E-state index contributed by atoms with van der Waals surface area (Å²) < 4.78 is 7.37. The molecule has 7 nitrogen and oxygen atoms in total. The molecule has 1 amide bonds. The van der Waals surface area contributed by atoms with Crippen LogP contribution in [0.1, 0.15) is 29.3 Å². The van der Waals surface area contributed by atoms with Gasteiger partial charge in [-0.15, -0.1) is 16.4 Å². The smallest absolute Gasteiger partial charge is 0.231 e. The second-order valence-electron chi connectivity index (χ2n) is 6.49. The highest BCUT2D eigenvalue weighted by Crippen LogP contribution is 2.26. The van der Waals surface area contributed by atoms with Crippen LogP contribution in [0.3, 0.4) is 0 Å². The Morgan fingerprint density at radius 3 is 2.96 bits per heavy atom. The van der Waals surface area contributed by atoms with E-state index >= 15 is 0 Å². The van der Waals surface area contributed by atoms with Gasteiger partial charge in [-0.2, -0.15) is 0 Å². The number of rotatable bonds is 8. The molecule has 3 heterocycles. The van der Waals surface area contributed by atoms with Crippen molar-refractivity contribution in [3.63, 3.8) is 0 Å². The van der Waals surface area contributed by atoms with Crippen molar-refractivity contribution >= 4 is 29.0 Å². The highest BCUT2D eigenvalue weighted by molar-refractivity contribution is 7.99. The number of thiophene rings is 1. The van der Waals surface area contributed by atoms with E-state index in [0.29, 0.717) is 11.7 Å². The van der Waals surface area contributed by atoms with E-state index in [0.717, 1.165) is 29.9 Å². The Labute approximate surface area is 171 Å². The van der Waals surface area contributed by atoms with Gasteiger partial charge in [0.15, 0.2) is 0 Å². The second-order valence-corrected chi connectivity index (χ2v) is 8.42.